The number of hydrogen-bond acceptors (Lipinski definition) is 3. The van der Waals surface area contributed by atoms with Gasteiger partial charge in [-0.1, -0.05) is 36.4 Å². The van der Waals surface area contributed by atoms with E-state index in [1.165, 1.54) is 6.07 Å². The van der Waals surface area contributed by atoms with Gasteiger partial charge in [-0.05, 0) is 25.0 Å². The van der Waals surface area contributed by atoms with Crippen molar-refractivity contribution in [3.8, 4) is 0 Å². The molecule has 92 valence electrons. The smallest absolute Gasteiger partial charge is 0.161 e. The first-order valence-corrected chi connectivity index (χ1v) is 6.86. The van der Waals surface area contributed by atoms with Gasteiger partial charge in [-0.15, -0.1) is 0 Å². The van der Waals surface area contributed by atoms with Crippen molar-refractivity contribution in [2.75, 3.05) is 11.1 Å². The Balaban J connectivity index is 2.19. The first kappa shape index (κ1) is 12.7. The molecule has 2 unspecified atom stereocenters. The number of nitrogens with one attached hydrogen (secondary N) is 1. The number of rotatable bonds is 1. The molecule has 1 aliphatic rings. The number of aliphatic imine (C=N–C) groups is 1. The van der Waals surface area contributed by atoms with E-state index in [0.717, 1.165) is 10.9 Å². The highest BCUT2D eigenvalue weighted by Crippen LogP contribution is 2.28. The molecule has 0 spiro atoms. The summed E-state index contributed by atoms with van der Waals surface area (Å²) in [4.78, 5) is 4.48. The molecule has 0 aromatic heterocycles. The summed E-state index contributed by atoms with van der Waals surface area (Å²) in [6.07, 6.45) is 0. The summed E-state index contributed by atoms with van der Waals surface area (Å²) in [5.74, 6) is 1.17. The quantitative estimate of drug-likeness (QED) is 0.835. The Morgan fingerprint density at radius 1 is 1.47 bits per heavy atom. The molecule has 1 aliphatic heterocycles. The third-order valence-electron chi connectivity index (χ3n) is 2.82. The Bertz CT molecular complexity index is 430. The lowest BCUT2D eigenvalue weighted by Gasteiger charge is -2.24. The fraction of sp³-hybridized carbons (Fsp3) is 0.417. The van der Waals surface area contributed by atoms with E-state index in [-0.39, 0.29) is 11.9 Å². The van der Waals surface area contributed by atoms with Gasteiger partial charge in [0.05, 0.1) is 16.8 Å². The Labute approximate surface area is 110 Å². The zero-order valence-electron chi connectivity index (χ0n) is 9.71. The number of amidine groups is 1. The lowest BCUT2D eigenvalue weighted by Crippen LogP contribution is -2.25. The molecule has 5 heteroatoms. The van der Waals surface area contributed by atoms with Crippen LogP contribution in [0.5, 0.6) is 0 Å². The van der Waals surface area contributed by atoms with Gasteiger partial charge in [0, 0.05) is 5.75 Å². The first-order chi connectivity index (χ1) is 8.08. The molecular weight excluding hydrogens is 259 g/mol. The van der Waals surface area contributed by atoms with Crippen LogP contribution in [0.4, 0.5) is 10.1 Å². The van der Waals surface area contributed by atoms with Gasteiger partial charge in [0.15, 0.2) is 5.17 Å². The van der Waals surface area contributed by atoms with Crippen LogP contribution in [-0.2, 0) is 0 Å². The van der Waals surface area contributed by atoms with Crippen LogP contribution in [-0.4, -0.2) is 17.0 Å². The summed E-state index contributed by atoms with van der Waals surface area (Å²) in [6, 6.07) is 4.88. The molecule has 1 heterocycles. The van der Waals surface area contributed by atoms with Crippen LogP contribution >= 0.6 is 23.4 Å². The normalized spacial score (nSPS) is 24.4. The molecule has 17 heavy (non-hydrogen) atoms. The van der Waals surface area contributed by atoms with Crippen LogP contribution < -0.4 is 5.32 Å². The van der Waals surface area contributed by atoms with Crippen molar-refractivity contribution in [2.45, 2.75) is 19.9 Å². The van der Waals surface area contributed by atoms with Gasteiger partial charge in [0.25, 0.3) is 0 Å². The third kappa shape index (κ3) is 2.93. The van der Waals surface area contributed by atoms with Crippen molar-refractivity contribution in [3.63, 3.8) is 0 Å². The molecular formula is C12H14ClFN2S. The minimum Gasteiger partial charge on any atom is -0.331 e. The van der Waals surface area contributed by atoms with Gasteiger partial charge in [0.1, 0.15) is 5.82 Å². The van der Waals surface area contributed by atoms with Crippen molar-refractivity contribution in [1.29, 1.82) is 0 Å². The van der Waals surface area contributed by atoms with E-state index in [9.17, 15) is 4.39 Å². The number of hydrogen-bond donors (Lipinski definition) is 1. The summed E-state index contributed by atoms with van der Waals surface area (Å²) in [5.41, 5.74) is 0.308. The van der Waals surface area contributed by atoms with Gasteiger partial charge in [0.2, 0.25) is 0 Å². The predicted octanol–water partition coefficient (Wildman–Crippen LogP) is 4.02. The number of benzene rings is 1. The second-order valence-corrected chi connectivity index (χ2v) is 5.60. The van der Waals surface area contributed by atoms with Crippen molar-refractivity contribution in [1.82, 2.24) is 0 Å². The molecule has 2 atom stereocenters. The molecule has 0 fully saturated rings. The number of thioether (sulfide) groups is 1. The molecule has 0 radical (unpaired) electrons. The standard InChI is InChI=1S/C12H14ClFN2S/c1-7-6-17-12(15-8(7)2)16-11-9(13)4-3-5-10(11)14/h3-5,7-8H,6H2,1-2H3,(H,15,16). The Hall–Kier alpha value is -0.740. The minimum atomic E-state index is -0.355. The lowest BCUT2D eigenvalue weighted by atomic mass is 10.1. The average molecular weight is 273 g/mol. The molecule has 2 rings (SSSR count). The molecule has 1 N–H and O–H groups in total. The summed E-state index contributed by atoms with van der Waals surface area (Å²) in [7, 11) is 0. The molecule has 1 aromatic rings. The molecule has 0 amide bonds. The van der Waals surface area contributed by atoms with Crippen LogP contribution in [0.15, 0.2) is 23.2 Å². The van der Waals surface area contributed by atoms with Gasteiger partial charge in [-0.2, -0.15) is 0 Å². The maximum absolute atomic E-state index is 13.6. The zero-order chi connectivity index (χ0) is 12.4. The SMILES string of the molecule is CC1CSC(Nc2c(F)cccc2Cl)=NC1C. The zero-order valence-corrected chi connectivity index (χ0v) is 11.3. The topological polar surface area (TPSA) is 24.4 Å². The van der Waals surface area contributed by atoms with Gasteiger partial charge < -0.3 is 5.32 Å². The fourth-order valence-corrected chi connectivity index (χ4v) is 2.82. The van der Waals surface area contributed by atoms with Crippen molar-refractivity contribution in [3.05, 3.63) is 29.0 Å². The molecule has 1 aromatic carbocycles. The van der Waals surface area contributed by atoms with E-state index < -0.39 is 0 Å². The van der Waals surface area contributed by atoms with E-state index in [4.69, 9.17) is 11.6 Å². The highest BCUT2D eigenvalue weighted by molar-refractivity contribution is 8.14. The van der Waals surface area contributed by atoms with Crippen LogP contribution in [0.25, 0.3) is 0 Å². The van der Waals surface area contributed by atoms with E-state index in [2.05, 4.69) is 24.2 Å². The molecule has 0 saturated heterocycles. The van der Waals surface area contributed by atoms with Crippen molar-refractivity contribution in [2.24, 2.45) is 10.9 Å². The van der Waals surface area contributed by atoms with Gasteiger partial charge >= 0.3 is 0 Å². The second-order valence-electron chi connectivity index (χ2n) is 4.18. The van der Waals surface area contributed by atoms with Crippen molar-refractivity contribution < 1.29 is 4.39 Å². The van der Waals surface area contributed by atoms with Crippen LogP contribution in [0.1, 0.15) is 13.8 Å². The molecule has 2 nitrogen and oxygen atoms in total. The Kier molecular flexibility index (Phi) is 3.94. The summed E-state index contributed by atoms with van der Waals surface area (Å²) in [5, 5.41) is 4.09. The number of halogens is 2. The monoisotopic (exact) mass is 272 g/mol. The van der Waals surface area contributed by atoms with Crippen LogP contribution in [0, 0.1) is 11.7 Å². The molecule has 0 saturated carbocycles. The summed E-state index contributed by atoms with van der Waals surface area (Å²) in [6.45, 7) is 4.23. The van der Waals surface area contributed by atoms with E-state index >= 15 is 0 Å². The molecule has 0 aliphatic carbocycles. The third-order valence-corrected chi connectivity index (χ3v) is 4.31. The minimum absolute atomic E-state index is 0.254. The Morgan fingerprint density at radius 3 is 2.88 bits per heavy atom. The summed E-state index contributed by atoms with van der Waals surface area (Å²) >= 11 is 7.55. The predicted molar refractivity (Wildman–Crippen MR) is 73.6 cm³/mol. The van der Waals surface area contributed by atoms with Gasteiger partial charge in [-0.3, -0.25) is 4.99 Å². The maximum atomic E-state index is 13.6. The Morgan fingerprint density at radius 2 is 2.24 bits per heavy atom. The van der Waals surface area contributed by atoms with E-state index in [1.807, 2.05) is 0 Å². The maximum Gasteiger partial charge on any atom is 0.161 e. The number of nitrogens with zero attached hydrogens (tertiary/aromatic N) is 1. The molecule has 0 bridgehead atoms. The first-order valence-electron chi connectivity index (χ1n) is 5.49. The van der Waals surface area contributed by atoms with E-state index in [1.54, 1.807) is 23.9 Å². The number of para-hydroxylation sites is 1. The second kappa shape index (κ2) is 5.27. The largest absolute Gasteiger partial charge is 0.331 e. The van der Waals surface area contributed by atoms with Crippen LogP contribution in [0.3, 0.4) is 0 Å². The fourth-order valence-electron chi connectivity index (χ4n) is 1.49. The lowest BCUT2D eigenvalue weighted by molar-refractivity contribution is 0.537. The number of anilines is 1. The van der Waals surface area contributed by atoms with Crippen molar-refractivity contribution >= 4 is 34.2 Å². The highest BCUT2D eigenvalue weighted by atomic mass is 35.5. The van der Waals surface area contributed by atoms with E-state index in [0.29, 0.717) is 16.6 Å². The highest BCUT2D eigenvalue weighted by Gasteiger charge is 2.20. The van der Waals surface area contributed by atoms with Crippen LogP contribution in [0.2, 0.25) is 5.02 Å². The average Bonchev–Trinajstić information content (AvgIpc) is 2.28. The summed E-state index contributed by atoms with van der Waals surface area (Å²) < 4.78 is 13.6. The van der Waals surface area contributed by atoms with Gasteiger partial charge in [-0.25, -0.2) is 4.39 Å².